The average molecular weight is 397 g/mol. The zero-order valence-corrected chi connectivity index (χ0v) is 15.1. The maximum Gasteiger partial charge on any atom is 0.446 e. The van der Waals surface area contributed by atoms with Crippen LogP contribution in [0.25, 0.3) is 0 Å². The van der Waals surface area contributed by atoms with Crippen molar-refractivity contribution < 1.29 is 22.7 Å². The molecule has 1 aromatic carbocycles. The summed E-state index contributed by atoms with van der Waals surface area (Å²) in [4.78, 5) is 18.7. The van der Waals surface area contributed by atoms with Gasteiger partial charge in [0.2, 0.25) is 0 Å². The van der Waals surface area contributed by atoms with Crippen molar-refractivity contribution in [3.05, 3.63) is 53.7 Å². The fraction of sp³-hybridized carbons (Fsp3) is 0.333. The van der Waals surface area contributed by atoms with Gasteiger partial charge in [0.05, 0.1) is 13.2 Å². The molecule has 3 rings (SSSR count). The van der Waals surface area contributed by atoms with Crippen LogP contribution in [0.3, 0.4) is 0 Å². The van der Waals surface area contributed by atoms with Crippen LogP contribution in [0.5, 0.6) is 0 Å². The van der Waals surface area contributed by atoms with Gasteiger partial charge in [-0.15, -0.1) is 0 Å². The number of carbonyl (C=O) groups is 1. The highest BCUT2D eigenvalue weighted by atomic mass is 32.2. The van der Waals surface area contributed by atoms with E-state index in [9.17, 15) is 18.0 Å². The zero-order valence-electron chi connectivity index (χ0n) is 14.3. The van der Waals surface area contributed by atoms with Gasteiger partial charge in [0.25, 0.3) is 5.91 Å². The number of hydrogen-bond acceptors (Lipinski definition) is 5. The molecule has 1 aliphatic rings. The molecule has 0 unspecified atom stereocenters. The number of hydrogen-bond donors (Lipinski definition) is 1. The Bertz CT molecular complexity index is 761. The quantitative estimate of drug-likeness (QED) is 0.784. The molecular formula is C18H18F3N3O2S. The number of pyridine rings is 1. The number of alkyl halides is 3. The summed E-state index contributed by atoms with van der Waals surface area (Å²) < 4.78 is 42.3. The van der Waals surface area contributed by atoms with E-state index in [0.29, 0.717) is 18.8 Å². The molecule has 0 spiro atoms. The zero-order chi connectivity index (χ0) is 19.3. The molecule has 2 heterocycles. The number of ether oxygens (including phenoxy) is 1. The second-order valence-corrected chi connectivity index (χ2v) is 7.02. The summed E-state index contributed by atoms with van der Waals surface area (Å²) >= 11 is -0.207. The highest BCUT2D eigenvalue weighted by Crippen LogP contribution is 2.36. The second-order valence-electron chi connectivity index (χ2n) is 5.88. The first-order valence-corrected chi connectivity index (χ1v) is 9.14. The van der Waals surface area contributed by atoms with Gasteiger partial charge < -0.3 is 15.0 Å². The average Bonchev–Trinajstić information content (AvgIpc) is 2.66. The van der Waals surface area contributed by atoms with Crippen molar-refractivity contribution in [1.29, 1.82) is 0 Å². The molecule has 1 saturated heterocycles. The number of amides is 1. The number of carbonyl (C=O) groups excluding carboxylic acids is 1. The fourth-order valence-corrected chi connectivity index (χ4v) is 3.13. The minimum absolute atomic E-state index is 0.0435. The first-order chi connectivity index (χ1) is 12.9. The van der Waals surface area contributed by atoms with Crippen LogP contribution in [0.15, 0.2) is 47.5 Å². The fourth-order valence-electron chi connectivity index (χ4n) is 2.59. The maximum absolute atomic E-state index is 12.3. The summed E-state index contributed by atoms with van der Waals surface area (Å²) in [6.07, 6.45) is 1.70. The number of anilines is 1. The van der Waals surface area contributed by atoms with Gasteiger partial charge in [-0.25, -0.2) is 4.98 Å². The molecule has 0 bridgehead atoms. The normalized spacial score (nSPS) is 14.9. The third kappa shape index (κ3) is 5.86. The molecule has 5 nitrogen and oxygen atoms in total. The maximum atomic E-state index is 12.3. The standard InChI is InChI=1S/C18H18F3N3O2S/c19-18(20,21)27-15-4-2-14(3-5-15)17(25)23-12-13-1-6-16(22-11-13)24-7-9-26-10-8-24/h1-6,11H,7-10,12H2,(H,23,25). The Morgan fingerprint density at radius 3 is 2.44 bits per heavy atom. The van der Waals surface area contributed by atoms with Gasteiger partial charge in [-0.3, -0.25) is 4.79 Å². The van der Waals surface area contributed by atoms with Crippen LogP contribution in [0.4, 0.5) is 19.0 Å². The molecule has 9 heteroatoms. The molecule has 1 N–H and O–H groups in total. The highest BCUT2D eigenvalue weighted by Gasteiger charge is 2.29. The van der Waals surface area contributed by atoms with Crippen molar-refractivity contribution in [3.8, 4) is 0 Å². The van der Waals surface area contributed by atoms with E-state index in [0.717, 1.165) is 24.5 Å². The number of nitrogens with one attached hydrogen (secondary N) is 1. The monoisotopic (exact) mass is 397 g/mol. The minimum atomic E-state index is -4.34. The predicted molar refractivity (Wildman–Crippen MR) is 96.8 cm³/mol. The molecule has 0 saturated carbocycles. The van der Waals surface area contributed by atoms with Crippen LogP contribution in [0.1, 0.15) is 15.9 Å². The van der Waals surface area contributed by atoms with Crippen LogP contribution in [0, 0.1) is 0 Å². The van der Waals surface area contributed by atoms with E-state index in [-0.39, 0.29) is 29.1 Å². The predicted octanol–water partition coefficient (Wildman–Crippen LogP) is 3.46. The highest BCUT2D eigenvalue weighted by molar-refractivity contribution is 8.00. The summed E-state index contributed by atoms with van der Waals surface area (Å²) in [5.74, 6) is 0.516. The molecule has 144 valence electrons. The Hall–Kier alpha value is -2.26. The first kappa shape index (κ1) is 19.5. The molecule has 0 atom stereocenters. The van der Waals surface area contributed by atoms with E-state index in [1.54, 1.807) is 6.20 Å². The van der Waals surface area contributed by atoms with E-state index in [2.05, 4.69) is 15.2 Å². The first-order valence-electron chi connectivity index (χ1n) is 8.32. The molecule has 1 aliphatic heterocycles. The molecule has 1 aromatic heterocycles. The van der Waals surface area contributed by atoms with Crippen molar-refractivity contribution in [3.63, 3.8) is 0 Å². The molecule has 1 amide bonds. The van der Waals surface area contributed by atoms with Crippen LogP contribution in [0.2, 0.25) is 0 Å². The lowest BCUT2D eigenvalue weighted by Crippen LogP contribution is -2.36. The Labute approximate surface area is 158 Å². The Balaban J connectivity index is 1.52. The second kappa shape index (κ2) is 8.62. The van der Waals surface area contributed by atoms with Crippen molar-refractivity contribution in [2.24, 2.45) is 0 Å². The van der Waals surface area contributed by atoms with Crippen LogP contribution in [-0.2, 0) is 11.3 Å². The molecule has 0 aliphatic carbocycles. The number of benzene rings is 1. The number of morpholine rings is 1. The van der Waals surface area contributed by atoms with E-state index in [4.69, 9.17) is 4.74 Å². The largest absolute Gasteiger partial charge is 0.446 e. The van der Waals surface area contributed by atoms with Gasteiger partial charge in [0.1, 0.15) is 5.82 Å². The van der Waals surface area contributed by atoms with Crippen LogP contribution >= 0.6 is 11.8 Å². The summed E-state index contributed by atoms with van der Waals surface area (Å²) in [6, 6.07) is 9.11. The van der Waals surface area contributed by atoms with Crippen LogP contribution in [-0.4, -0.2) is 42.7 Å². The SMILES string of the molecule is O=C(NCc1ccc(N2CCOCC2)nc1)c1ccc(SC(F)(F)F)cc1. The topological polar surface area (TPSA) is 54.5 Å². The molecular weight excluding hydrogens is 379 g/mol. The number of aromatic nitrogens is 1. The van der Waals surface area contributed by atoms with E-state index < -0.39 is 5.51 Å². The Morgan fingerprint density at radius 1 is 1.15 bits per heavy atom. The minimum Gasteiger partial charge on any atom is -0.378 e. The van der Waals surface area contributed by atoms with Crippen molar-refractivity contribution >= 4 is 23.5 Å². The Morgan fingerprint density at radius 2 is 1.85 bits per heavy atom. The smallest absolute Gasteiger partial charge is 0.378 e. The van der Waals surface area contributed by atoms with E-state index in [1.807, 2.05) is 12.1 Å². The summed E-state index contributed by atoms with van der Waals surface area (Å²) in [7, 11) is 0. The van der Waals surface area contributed by atoms with Gasteiger partial charge >= 0.3 is 5.51 Å². The van der Waals surface area contributed by atoms with Gasteiger partial charge in [-0.1, -0.05) is 6.07 Å². The Kier molecular flexibility index (Phi) is 6.22. The lowest BCUT2D eigenvalue weighted by Gasteiger charge is -2.27. The van der Waals surface area contributed by atoms with Crippen molar-refractivity contribution in [2.75, 3.05) is 31.2 Å². The number of halogens is 3. The molecule has 0 radical (unpaired) electrons. The van der Waals surface area contributed by atoms with Crippen LogP contribution < -0.4 is 10.2 Å². The summed E-state index contributed by atoms with van der Waals surface area (Å²) in [6.45, 7) is 3.24. The van der Waals surface area contributed by atoms with E-state index in [1.165, 1.54) is 24.3 Å². The van der Waals surface area contributed by atoms with Crippen molar-refractivity contribution in [1.82, 2.24) is 10.3 Å². The van der Waals surface area contributed by atoms with Gasteiger partial charge in [-0.2, -0.15) is 13.2 Å². The number of nitrogens with zero attached hydrogens (tertiary/aromatic N) is 2. The number of thioether (sulfide) groups is 1. The van der Waals surface area contributed by atoms with Gasteiger partial charge in [0.15, 0.2) is 0 Å². The molecule has 27 heavy (non-hydrogen) atoms. The third-order valence-corrected chi connectivity index (χ3v) is 4.69. The summed E-state index contributed by atoms with van der Waals surface area (Å²) in [5, 5.41) is 2.74. The summed E-state index contributed by atoms with van der Waals surface area (Å²) in [5.41, 5.74) is -3.20. The lowest BCUT2D eigenvalue weighted by molar-refractivity contribution is -0.0328. The lowest BCUT2D eigenvalue weighted by atomic mass is 10.2. The van der Waals surface area contributed by atoms with Gasteiger partial charge in [-0.05, 0) is 47.7 Å². The van der Waals surface area contributed by atoms with Gasteiger partial charge in [0, 0.05) is 36.3 Å². The van der Waals surface area contributed by atoms with E-state index >= 15 is 0 Å². The molecule has 1 fully saturated rings. The number of rotatable bonds is 5. The third-order valence-electron chi connectivity index (χ3n) is 3.95. The van der Waals surface area contributed by atoms with Crippen molar-refractivity contribution in [2.45, 2.75) is 16.9 Å². The molecule has 2 aromatic rings.